The van der Waals surface area contributed by atoms with Gasteiger partial charge in [-0.15, -0.1) is 0 Å². The Morgan fingerprint density at radius 3 is 2.62 bits per heavy atom. The van der Waals surface area contributed by atoms with Crippen LogP contribution in [0.15, 0.2) is 12.3 Å². The second kappa shape index (κ2) is 8.93. The van der Waals surface area contributed by atoms with E-state index < -0.39 is 5.97 Å². The number of amides is 1. The lowest BCUT2D eigenvalue weighted by molar-refractivity contribution is -0.125. The van der Waals surface area contributed by atoms with Crippen LogP contribution in [0.2, 0.25) is 0 Å². The minimum absolute atomic E-state index is 0.120. The van der Waals surface area contributed by atoms with E-state index in [0.29, 0.717) is 22.5 Å². The van der Waals surface area contributed by atoms with Crippen molar-refractivity contribution < 1.29 is 14.3 Å². The number of fused-ring (bicyclic) bond motifs is 1. The molecule has 1 aliphatic rings. The summed E-state index contributed by atoms with van der Waals surface area (Å²) < 4.78 is 7.16. The van der Waals surface area contributed by atoms with E-state index in [0.717, 1.165) is 25.0 Å². The predicted octanol–water partition coefficient (Wildman–Crippen LogP) is 3.99. The Morgan fingerprint density at radius 1 is 1.24 bits per heavy atom. The van der Waals surface area contributed by atoms with Crippen molar-refractivity contribution in [2.45, 2.75) is 78.3 Å². The average molecular weight is 401 g/mol. The fraction of sp³-hybridized carbons (Fsp3) is 0.636. The molecule has 2 heterocycles. The van der Waals surface area contributed by atoms with Crippen molar-refractivity contribution in [3.63, 3.8) is 0 Å². The van der Waals surface area contributed by atoms with Gasteiger partial charge in [0.1, 0.15) is 0 Å². The van der Waals surface area contributed by atoms with Crippen LogP contribution in [0.1, 0.15) is 88.3 Å². The van der Waals surface area contributed by atoms with Gasteiger partial charge in [-0.25, -0.2) is 14.5 Å². The third-order valence-electron chi connectivity index (χ3n) is 5.68. The lowest BCUT2D eigenvalue weighted by atomic mass is 9.86. The first kappa shape index (κ1) is 21.3. The topological polar surface area (TPSA) is 86.1 Å². The van der Waals surface area contributed by atoms with Crippen molar-refractivity contribution in [2.75, 3.05) is 6.61 Å². The maximum atomic E-state index is 12.8. The third-order valence-corrected chi connectivity index (χ3v) is 5.68. The highest BCUT2D eigenvalue weighted by Crippen LogP contribution is 2.25. The van der Waals surface area contributed by atoms with Crippen LogP contribution >= 0.6 is 0 Å². The largest absolute Gasteiger partial charge is 0.452 e. The summed E-state index contributed by atoms with van der Waals surface area (Å²) in [5, 5.41) is 8.05. The summed E-state index contributed by atoms with van der Waals surface area (Å²) in [5.74, 6) is -0.157. The Bertz CT molecular complexity index is 888. The van der Waals surface area contributed by atoms with Gasteiger partial charge in [-0.2, -0.15) is 5.10 Å². The first-order chi connectivity index (χ1) is 13.8. The van der Waals surface area contributed by atoms with Crippen LogP contribution in [-0.4, -0.2) is 39.3 Å². The summed E-state index contributed by atoms with van der Waals surface area (Å²) in [4.78, 5) is 29.8. The number of nitrogens with one attached hydrogen (secondary N) is 1. The highest BCUT2D eigenvalue weighted by molar-refractivity contribution is 6.03. The van der Waals surface area contributed by atoms with Gasteiger partial charge in [-0.3, -0.25) is 4.79 Å². The molecule has 0 radical (unpaired) electrons. The summed E-state index contributed by atoms with van der Waals surface area (Å²) in [5.41, 5.74) is 1.87. The molecule has 1 N–H and O–H groups in total. The van der Waals surface area contributed by atoms with E-state index in [-0.39, 0.29) is 30.5 Å². The number of carbonyl (C=O) groups excluding carboxylic acids is 2. The number of hydrogen-bond donors (Lipinski definition) is 1. The number of carbonyl (C=O) groups is 2. The summed E-state index contributed by atoms with van der Waals surface area (Å²) in [7, 11) is 0. The van der Waals surface area contributed by atoms with Crippen LogP contribution in [0.25, 0.3) is 11.0 Å². The fourth-order valence-electron chi connectivity index (χ4n) is 3.87. The molecule has 29 heavy (non-hydrogen) atoms. The van der Waals surface area contributed by atoms with Crippen molar-refractivity contribution >= 4 is 22.9 Å². The molecule has 3 rings (SSSR count). The van der Waals surface area contributed by atoms with Gasteiger partial charge in [0.15, 0.2) is 12.3 Å². The molecule has 7 heteroatoms. The molecule has 0 spiro atoms. The highest BCUT2D eigenvalue weighted by atomic mass is 16.5. The zero-order chi connectivity index (χ0) is 21.1. The smallest absolute Gasteiger partial charge is 0.339 e. The van der Waals surface area contributed by atoms with E-state index in [1.807, 2.05) is 27.7 Å². The van der Waals surface area contributed by atoms with Gasteiger partial charge >= 0.3 is 5.97 Å². The molecule has 1 saturated carbocycles. The molecule has 2 aromatic rings. The van der Waals surface area contributed by atoms with Crippen LogP contribution in [0, 0.1) is 5.92 Å². The van der Waals surface area contributed by atoms with Gasteiger partial charge in [0.05, 0.1) is 17.1 Å². The molecule has 0 bridgehead atoms. The van der Waals surface area contributed by atoms with Crippen LogP contribution in [0.4, 0.5) is 0 Å². The van der Waals surface area contributed by atoms with Crippen molar-refractivity contribution in [3.05, 3.63) is 23.5 Å². The maximum Gasteiger partial charge on any atom is 0.339 e. The van der Waals surface area contributed by atoms with Crippen molar-refractivity contribution in [3.8, 4) is 0 Å². The Morgan fingerprint density at radius 2 is 1.97 bits per heavy atom. The number of hydrogen-bond acceptors (Lipinski definition) is 5. The van der Waals surface area contributed by atoms with E-state index >= 15 is 0 Å². The van der Waals surface area contributed by atoms with Crippen LogP contribution < -0.4 is 5.32 Å². The summed E-state index contributed by atoms with van der Waals surface area (Å²) in [6.07, 6.45) is 6.09. The normalized spacial score (nSPS) is 19.7. The zero-order valence-corrected chi connectivity index (χ0v) is 18.1. The molecule has 158 valence electrons. The average Bonchev–Trinajstić information content (AvgIpc) is 3.11. The summed E-state index contributed by atoms with van der Waals surface area (Å²) >= 11 is 0. The fourth-order valence-corrected chi connectivity index (χ4v) is 3.87. The molecule has 0 aliphatic heterocycles. The second-order valence-electron chi connectivity index (χ2n) is 8.68. The van der Waals surface area contributed by atoms with Gasteiger partial charge < -0.3 is 10.1 Å². The first-order valence-electron chi connectivity index (χ1n) is 10.6. The first-order valence-corrected chi connectivity index (χ1v) is 10.6. The standard InChI is InChI=1S/C22H32N4O3/c1-13(2)19-10-16(17-11-23-26(14(3)4)21(17)25-19)22(28)29-12-20(27)24-18-9-7-6-8-15(18)5/h10-11,13-15,18H,6-9,12H2,1-5H3,(H,24,27)/t15-,18+/m0/s1. The number of rotatable bonds is 6. The van der Waals surface area contributed by atoms with E-state index in [4.69, 9.17) is 9.72 Å². The Labute approximate surface area is 172 Å². The number of aromatic nitrogens is 3. The molecule has 1 aliphatic carbocycles. The zero-order valence-electron chi connectivity index (χ0n) is 18.1. The van der Waals surface area contributed by atoms with E-state index in [2.05, 4.69) is 17.3 Å². The molecule has 1 fully saturated rings. The van der Waals surface area contributed by atoms with Gasteiger partial charge in [0.25, 0.3) is 5.91 Å². The van der Waals surface area contributed by atoms with Gasteiger partial charge in [-0.05, 0) is 44.6 Å². The number of ether oxygens (including phenoxy) is 1. The molecule has 0 saturated heterocycles. The number of nitrogens with zero attached hydrogens (tertiary/aromatic N) is 3. The van der Waals surface area contributed by atoms with Crippen LogP contribution in [-0.2, 0) is 9.53 Å². The van der Waals surface area contributed by atoms with Gasteiger partial charge in [0, 0.05) is 17.8 Å². The van der Waals surface area contributed by atoms with Crippen LogP contribution in [0.5, 0.6) is 0 Å². The number of pyridine rings is 1. The minimum atomic E-state index is -0.519. The minimum Gasteiger partial charge on any atom is -0.452 e. The molecule has 0 unspecified atom stereocenters. The maximum absolute atomic E-state index is 12.8. The monoisotopic (exact) mass is 400 g/mol. The highest BCUT2D eigenvalue weighted by Gasteiger charge is 2.24. The van der Waals surface area contributed by atoms with E-state index in [9.17, 15) is 9.59 Å². The molecule has 1 amide bonds. The molecular formula is C22H32N4O3. The number of esters is 1. The SMILES string of the molecule is CC(C)c1cc(C(=O)OCC(=O)N[C@@H]2CCCC[C@@H]2C)c2cnn(C(C)C)c2n1. The van der Waals surface area contributed by atoms with Gasteiger partial charge in [0.2, 0.25) is 0 Å². The summed E-state index contributed by atoms with van der Waals surface area (Å²) in [6.45, 7) is 9.97. The Hall–Kier alpha value is -2.44. The Kier molecular flexibility index (Phi) is 6.55. The van der Waals surface area contributed by atoms with Crippen molar-refractivity contribution in [2.24, 2.45) is 5.92 Å². The van der Waals surface area contributed by atoms with E-state index in [1.165, 1.54) is 6.42 Å². The molecule has 2 atom stereocenters. The third kappa shape index (κ3) is 4.77. The van der Waals surface area contributed by atoms with Crippen molar-refractivity contribution in [1.82, 2.24) is 20.1 Å². The van der Waals surface area contributed by atoms with Gasteiger partial charge in [-0.1, -0.05) is 33.6 Å². The summed E-state index contributed by atoms with van der Waals surface area (Å²) in [6, 6.07) is 2.04. The lowest BCUT2D eigenvalue weighted by Gasteiger charge is -2.29. The lowest BCUT2D eigenvalue weighted by Crippen LogP contribution is -2.42. The molecule has 2 aromatic heterocycles. The quantitative estimate of drug-likeness (QED) is 0.741. The van der Waals surface area contributed by atoms with Crippen LogP contribution in [0.3, 0.4) is 0 Å². The van der Waals surface area contributed by atoms with E-state index in [1.54, 1.807) is 16.9 Å². The predicted molar refractivity (Wildman–Crippen MR) is 112 cm³/mol. The second-order valence-corrected chi connectivity index (χ2v) is 8.68. The molecule has 7 nitrogen and oxygen atoms in total. The molecule has 0 aromatic carbocycles. The molecular weight excluding hydrogens is 368 g/mol. The Balaban J connectivity index is 1.75. The van der Waals surface area contributed by atoms with Crippen molar-refractivity contribution in [1.29, 1.82) is 0 Å².